The molecule has 0 saturated carbocycles. The summed E-state index contributed by atoms with van der Waals surface area (Å²) in [5.74, 6) is 0.915. The fourth-order valence-corrected chi connectivity index (χ4v) is 3.24. The maximum absolute atomic E-state index is 4.34. The SMILES string of the molecule is C.CC(C)c1ccnc2cccnc12.CC(C)c1ncnc2scnc12. The van der Waals surface area contributed by atoms with Crippen molar-refractivity contribution < 1.29 is 0 Å². The Labute approximate surface area is 158 Å². The molecule has 0 N–H and O–H groups in total. The number of rotatable bonds is 2. The molecule has 0 radical (unpaired) electrons. The smallest absolute Gasteiger partial charge is 0.146 e. The highest BCUT2D eigenvalue weighted by atomic mass is 32.1. The van der Waals surface area contributed by atoms with E-state index in [4.69, 9.17) is 0 Å². The van der Waals surface area contributed by atoms with Crippen molar-refractivity contribution in [1.82, 2.24) is 24.9 Å². The maximum atomic E-state index is 4.34. The third-order valence-corrected chi connectivity index (χ3v) is 4.59. The number of aromatic nitrogens is 5. The van der Waals surface area contributed by atoms with E-state index in [9.17, 15) is 0 Å². The Morgan fingerprint density at radius 3 is 2.35 bits per heavy atom. The molecule has 0 fully saturated rings. The van der Waals surface area contributed by atoms with E-state index in [2.05, 4.69) is 52.6 Å². The fraction of sp³-hybridized carbons (Fsp3) is 0.350. The van der Waals surface area contributed by atoms with Gasteiger partial charge in [0.1, 0.15) is 16.7 Å². The van der Waals surface area contributed by atoms with Gasteiger partial charge in [-0.3, -0.25) is 9.97 Å². The molecule has 0 amide bonds. The van der Waals surface area contributed by atoms with E-state index in [-0.39, 0.29) is 7.43 Å². The Morgan fingerprint density at radius 2 is 1.62 bits per heavy atom. The number of hydrogen-bond acceptors (Lipinski definition) is 6. The van der Waals surface area contributed by atoms with Gasteiger partial charge in [-0.1, -0.05) is 35.1 Å². The summed E-state index contributed by atoms with van der Waals surface area (Å²) in [6.07, 6.45) is 5.27. The predicted octanol–water partition coefficient (Wildman–Crippen LogP) is 5.60. The molecule has 4 heterocycles. The summed E-state index contributed by atoms with van der Waals surface area (Å²) in [6, 6.07) is 5.95. The predicted molar refractivity (Wildman–Crippen MR) is 110 cm³/mol. The summed E-state index contributed by atoms with van der Waals surface area (Å²) in [4.78, 5) is 22.2. The van der Waals surface area contributed by atoms with Crippen molar-refractivity contribution in [3.63, 3.8) is 0 Å². The van der Waals surface area contributed by atoms with Crippen LogP contribution in [0.4, 0.5) is 0 Å². The number of thiazole rings is 1. The molecule has 0 unspecified atom stereocenters. The van der Waals surface area contributed by atoms with Gasteiger partial charge >= 0.3 is 0 Å². The normalized spacial score (nSPS) is 10.7. The lowest BCUT2D eigenvalue weighted by molar-refractivity contribution is 0.826. The second kappa shape index (κ2) is 8.76. The van der Waals surface area contributed by atoms with E-state index in [1.807, 2.05) is 36.1 Å². The monoisotopic (exact) mass is 367 g/mol. The first-order chi connectivity index (χ1) is 12.1. The first kappa shape index (κ1) is 19.8. The van der Waals surface area contributed by atoms with E-state index in [1.165, 1.54) is 5.56 Å². The van der Waals surface area contributed by atoms with Crippen molar-refractivity contribution in [3.8, 4) is 0 Å². The van der Waals surface area contributed by atoms with E-state index in [0.29, 0.717) is 11.8 Å². The fourth-order valence-electron chi connectivity index (χ4n) is 2.60. The topological polar surface area (TPSA) is 64.5 Å². The maximum Gasteiger partial charge on any atom is 0.146 e. The van der Waals surface area contributed by atoms with Gasteiger partial charge < -0.3 is 0 Å². The molecule has 0 atom stereocenters. The summed E-state index contributed by atoms with van der Waals surface area (Å²) in [6.45, 7) is 8.56. The van der Waals surface area contributed by atoms with E-state index in [1.54, 1.807) is 17.7 Å². The third-order valence-electron chi connectivity index (χ3n) is 3.86. The van der Waals surface area contributed by atoms with Crippen molar-refractivity contribution in [2.45, 2.75) is 47.0 Å². The minimum atomic E-state index is 0. The van der Waals surface area contributed by atoms with Gasteiger partial charge in [0.15, 0.2) is 0 Å². The van der Waals surface area contributed by atoms with Crippen LogP contribution in [0.5, 0.6) is 0 Å². The average molecular weight is 368 g/mol. The van der Waals surface area contributed by atoms with Crippen LogP contribution in [0.25, 0.3) is 21.4 Å². The number of fused-ring (bicyclic) bond motifs is 2. The van der Waals surface area contributed by atoms with Gasteiger partial charge in [-0.25, -0.2) is 15.0 Å². The molecule has 0 aromatic carbocycles. The van der Waals surface area contributed by atoms with Gasteiger partial charge in [-0.2, -0.15) is 0 Å². The lowest BCUT2D eigenvalue weighted by Crippen LogP contribution is -1.94. The minimum absolute atomic E-state index is 0. The van der Waals surface area contributed by atoms with Crippen LogP contribution in [0.1, 0.15) is 58.2 Å². The number of pyridine rings is 2. The molecule has 0 aliphatic rings. The van der Waals surface area contributed by atoms with E-state index < -0.39 is 0 Å². The molecule has 136 valence electrons. The van der Waals surface area contributed by atoms with Gasteiger partial charge in [0.25, 0.3) is 0 Å². The molecule has 4 rings (SSSR count). The minimum Gasteiger partial charge on any atom is -0.255 e. The Kier molecular flexibility index (Phi) is 6.69. The quantitative estimate of drug-likeness (QED) is 0.461. The summed E-state index contributed by atoms with van der Waals surface area (Å²) in [7, 11) is 0. The highest BCUT2D eigenvalue weighted by Crippen LogP contribution is 2.22. The Morgan fingerprint density at radius 1 is 0.808 bits per heavy atom. The number of hydrogen-bond donors (Lipinski definition) is 0. The Bertz CT molecular complexity index is 973. The molecule has 0 aliphatic carbocycles. The summed E-state index contributed by atoms with van der Waals surface area (Å²) in [5, 5.41) is 0. The van der Waals surface area contributed by atoms with Crippen LogP contribution < -0.4 is 0 Å². The van der Waals surface area contributed by atoms with Crippen molar-refractivity contribution in [2.24, 2.45) is 0 Å². The van der Waals surface area contributed by atoms with Crippen molar-refractivity contribution >= 4 is 32.7 Å². The standard InChI is InChI=1S/C11H12N2.C8H9N3S.CH4/c1-8(2)9-5-7-12-10-4-3-6-13-11(9)10;1-5(2)6-7-8(10-3-9-6)12-4-11-7;/h3-8H,1-2H3;3-5H,1-2H3;1H4. The van der Waals surface area contributed by atoms with Crippen LogP contribution in [-0.4, -0.2) is 24.9 Å². The lowest BCUT2D eigenvalue weighted by atomic mass is 10.0. The Hall–Kier alpha value is -2.47. The van der Waals surface area contributed by atoms with Gasteiger partial charge in [-0.15, -0.1) is 11.3 Å². The summed E-state index contributed by atoms with van der Waals surface area (Å²) < 4.78 is 0. The molecule has 4 aromatic heterocycles. The second-order valence-electron chi connectivity index (χ2n) is 6.35. The number of nitrogens with zero attached hydrogens (tertiary/aromatic N) is 5. The highest BCUT2D eigenvalue weighted by molar-refractivity contribution is 7.16. The summed E-state index contributed by atoms with van der Waals surface area (Å²) in [5.41, 5.74) is 7.09. The third kappa shape index (κ3) is 4.19. The summed E-state index contributed by atoms with van der Waals surface area (Å²) >= 11 is 1.56. The van der Waals surface area contributed by atoms with Crippen LogP contribution in [0.15, 0.2) is 42.4 Å². The van der Waals surface area contributed by atoms with Gasteiger partial charge in [0, 0.05) is 12.4 Å². The molecule has 4 aromatic rings. The lowest BCUT2D eigenvalue weighted by Gasteiger charge is -2.07. The second-order valence-corrected chi connectivity index (χ2v) is 7.18. The molecule has 0 bridgehead atoms. The molecule has 0 spiro atoms. The zero-order chi connectivity index (χ0) is 17.8. The van der Waals surface area contributed by atoms with E-state index in [0.717, 1.165) is 27.1 Å². The molecular formula is C20H25N5S. The highest BCUT2D eigenvalue weighted by Gasteiger charge is 2.08. The van der Waals surface area contributed by atoms with Crippen molar-refractivity contribution in [1.29, 1.82) is 0 Å². The van der Waals surface area contributed by atoms with Crippen LogP contribution in [0.3, 0.4) is 0 Å². The first-order valence-electron chi connectivity index (χ1n) is 8.31. The zero-order valence-corrected chi connectivity index (χ0v) is 15.7. The van der Waals surface area contributed by atoms with Gasteiger partial charge in [0.05, 0.1) is 22.2 Å². The molecular weight excluding hydrogens is 342 g/mol. The van der Waals surface area contributed by atoms with Crippen LogP contribution in [0.2, 0.25) is 0 Å². The zero-order valence-electron chi connectivity index (χ0n) is 14.8. The van der Waals surface area contributed by atoms with Crippen LogP contribution in [0, 0.1) is 0 Å². The van der Waals surface area contributed by atoms with Gasteiger partial charge in [-0.05, 0) is 35.6 Å². The molecule has 0 saturated heterocycles. The van der Waals surface area contributed by atoms with Crippen LogP contribution in [-0.2, 0) is 0 Å². The molecule has 26 heavy (non-hydrogen) atoms. The molecule has 5 nitrogen and oxygen atoms in total. The van der Waals surface area contributed by atoms with Crippen molar-refractivity contribution in [3.05, 3.63) is 53.7 Å². The molecule has 0 aliphatic heterocycles. The van der Waals surface area contributed by atoms with Gasteiger partial charge in [0.2, 0.25) is 0 Å². The first-order valence-corrected chi connectivity index (χ1v) is 9.19. The van der Waals surface area contributed by atoms with E-state index >= 15 is 0 Å². The average Bonchev–Trinajstić information content (AvgIpc) is 3.10. The molecule has 6 heteroatoms. The largest absolute Gasteiger partial charge is 0.255 e. The Balaban J connectivity index is 0.000000180. The van der Waals surface area contributed by atoms with Crippen molar-refractivity contribution in [2.75, 3.05) is 0 Å². The van der Waals surface area contributed by atoms with Crippen LogP contribution >= 0.6 is 11.3 Å².